The number of nitrogens with one attached hydrogen (secondary N) is 3. The zero-order chi connectivity index (χ0) is 35.4. The summed E-state index contributed by atoms with van der Waals surface area (Å²) in [5.74, 6) is 0.306. The molecule has 9 nitrogen and oxygen atoms in total. The Kier molecular flexibility index (Phi) is 11.3. The number of amidine groups is 1. The number of carbonyl (C=O) groups is 3. The van der Waals surface area contributed by atoms with Crippen LogP contribution >= 0.6 is 11.6 Å². The first-order chi connectivity index (χ1) is 22.6. The highest BCUT2D eigenvalue weighted by Crippen LogP contribution is 2.39. The zero-order valence-corrected chi connectivity index (χ0v) is 30.3. The van der Waals surface area contributed by atoms with E-state index >= 15 is 0 Å². The minimum Gasteiger partial charge on any atom is -0.480 e. The highest BCUT2D eigenvalue weighted by atomic mass is 35.5. The zero-order valence-electron chi connectivity index (χ0n) is 29.5. The van der Waals surface area contributed by atoms with E-state index in [0.717, 1.165) is 29.5 Å². The molecule has 0 aliphatic carbocycles. The number of amides is 4. The molecule has 0 saturated carbocycles. The Morgan fingerprint density at radius 2 is 1.58 bits per heavy atom. The fraction of sp³-hybridized carbons (Fsp3) is 0.421. The van der Waals surface area contributed by atoms with Crippen molar-refractivity contribution in [3.63, 3.8) is 0 Å². The van der Waals surface area contributed by atoms with Crippen molar-refractivity contribution in [3.8, 4) is 5.75 Å². The lowest BCUT2D eigenvalue weighted by molar-refractivity contribution is -0.123. The molecule has 1 unspecified atom stereocenters. The van der Waals surface area contributed by atoms with Crippen LogP contribution in [0.3, 0.4) is 0 Å². The maximum atomic E-state index is 13.5. The van der Waals surface area contributed by atoms with E-state index in [9.17, 15) is 14.4 Å². The second kappa shape index (κ2) is 14.8. The third-order valence-electron chi connectivity index (χ3n) is 9.22. The van der Waals surface area contributed by atoms with Gasteiger partial charge in [-0.05, 0) is 91.0 Å². The van der Waals surface area contributed by atoms with Crippen molar-refractivity contribution in [2.45, 2.75) is 105 Å². The van der Waals surface area contributed by atoms with Crippen molar-refractivity contribution in [1.82, 2.24) is 5.32 Å². The van der Waals surface area contributed by atoms with E-state index in [2.05, 4.69) is 74.7 Å². The highest BCUT2D eigenvalue weighted by molar-refractivity contribution is 6.34. The topological polar surface area (TPSA) is 112 Å². The van der Waals surface area contributed by atoms with Crippen LogP contribution in [0.5, 0.6) is 5.75 Å². The van der Waals surface area contributed by atoms with Gasteiger partial charge in [0.05, 0.1) is 17.1 Å². The van der Waals surface area contributed by atoms with Crippen molar-refractivity contribution in [1.29, 1.82) is 0 Å². The molecule has 256 valence electrons. The van der Waals surface area contributed by atoms with Crippen molar-refractivity contribution < 1.29 is 19.1 Å². The molecule has 10 heteroatoms. The number of rotatable bonds is 11. The average Bonchev–Trinajstić information content (AvgIpc) is 3.37. The summed E-state index contributed by atoms with van der Waals surface area (Å²) in [5.41, 5.74) is 5.41. The second-order valence-corrected chi connectivity index (χ2v) is 14.1. The number of anilines is 3. The Bertz CT molecular complexity index is 1710. The van der Waals surface area contributed by atoms with Gasteiger partial charge in [-0.1, -0.05) is 84.3 Å². The van der Waals surface area contributed by atoms with Gasteiger partial charge in [0.2, 0.25) is 0 Å². The number of nitrogens with zero attached hydrogens (tertiary/aromatic N) is 2. The molecule has 0 aromatic heterocycles. The Labute approximate surface area is 289 Å². The van der Waals surface area contributed by atoms with Gasteiger partial charge in [-0.15, -0.1) is 0 Å². The number of halogens is 1. The van der Waals surface area contributed by atoms with E-state index in [1.165, 1.54) is 10.6 Å². The van der Waals surface area contributed by atoms with E-state index in [1.807, 2.05) is 32.9 Å². The summed E-state index contributed by atoms with van der Waals surface area (Å²) in [4.78, 5) is 39.1. The normalized spacial score (nSPS) is 14.0. The number of benzene rings is 3. The first-order valence-electron chi connectivity index (χ1n) is 16.6. The largest absolute Gasteiger partial charge is 0.480 e. The van der Waals surface area contributed by atoms with Gasteiger partial charge in [0.25, 0.3) is 11.8 Å². The molecule has 3 aromatic rings. The maximum Gasteiger partial charge on any atom is 0.324 e. The molecule has 1 atom stereocenters. The third kappa shape index (κ3) is 8.37. The molecule has 1 heterocycles. The highest BCUT2D eigenvalue weighted by Gasteiger charge is 2.30. The summed E-state index contributed by atoms with van der Waals surface area (Å²) in [6.07, 6.45) is 1.57. The molecule has 4 rings (SSSR count). The SMILES string of the molecule is CCC(Oc1ccc(C(C)(C)CC)cc1C(C)(C)CC)C(=O)Nc1cccc(NC(=O)NC2=NN(c3c(C)cc(C)cc3Cl)C(=O)C2)c1. The molecule has 0 saturated heterocycles. The van der Waals surface area contributed by atoms with Gasteiger partial charge < -0.3 is 15.4 Å². The van der Waals surface area contributed by atoms with Crippen molar-refractivity contribution in [2.24, 2.45) is 5.10 Å². The Balaban J connectivity index is 1.44. The van der Waals surface area contributed by atoms with Crippen LogP contribution in [-0.4, -0.2) is 29.8 Å². The first-order valence-corrected chi connectivity index (χ1v) is 16.9. The number of ether oxygens (including phenoxy) is 1. The lowest BCUT2D eigenvalue weighted by Crippen LogP contribution is -2.34. The van der Waals surface area contributed by atoms with Crippen LogP contribution in [0.2, 0.25) is 5.02 Å². The summed E-state index contributed by atoms with van der Waals surface area (Å²) in [5, 5.41) is 14.3. The number of aryl methyl sites for hydroxylation is 2. The minimum atomic E-state index is -0.729. The monoisotopic (exact) mass is 673 g/mol. The van der Waals surface area contributed by atoms with Crippen LogP contribution in [0, 0.1) is 13.8 Å². The Hall–Kier alpha value is -4.37. The van der Waals surface area contributed by atoms with Crippen molar-refractivity contribution >= 4 is 52.3 Å². The van der Waals surface area contributed by atoms with Gasteiger partial charge in [0.1, 0.15) is 11.6 Å². The number of carbonyl (C=O) groups excluding carboxylic acids is 3. The smallest absolute Gasteiger partial charge is 0.324 e. The lowest BCUT2D eigenvalue weighted by atomic mass is 9.76. The van der Waals surface area contributed by atoms with E-state index < -0.39 is 12.1 Å². The lowest BCUT2D eigenvalue weighted by Gasteiger charge is -2.31. The molecule has 0 spiro atoms. The van der Waals surface area contributed by atoms with Crippen LogP contribution in [0.4, 0.5) is 21.9 Å². The molecular formula is C38H48ClN5O4. The standard InChI is InChI=1S/C38H48ClN5O4/c1-10-30(48-31-17-16-25(37(6,7)11-2)20-28(31)38(8,9)12-3)35(46)40-26-14-13-15-27(21-26)41-36(47)42-32-22-33(45)44(43-32)34-24(5)18-23(4)19-29(34)39/h13-21,30H,10-12,22H2,1-9H3,(H,40,46)(H2,41,42,43,47). The van der Waals surface area contributed by atoms with Crippen molar-refractivity contribution in [3.05, 3.63) is 81.9 Å². The van der Waals surface area contributed by atoms with Crippen molar-refractivity contribution in [2.75, 3.05) is 15.6 Å². The van der Waals surface area contributed by atoms with Gasteiger partial charge in [0.15, 0.2) is 6.10 Å². The van der Waals surface area contributed by atoms with Gasteiger partial charge in [-0.25, -0.2) is 4.79 Å². The van der Waals surface area contributed by atoms with Gasteiger partial charge in [0, 0.05) is 16.9 Å². The third-order valence-corrected chi connectivity index (χ3v) is 9.51. The van der Waals surface area contributed by atoms with E-state index in [-0.39, 0.29) is 34.9 Å². The summed E-state index contributed by atoms with van der Waals surface area (Å²) in [6.45, 7) is 18.9. The summed E-state index contributed by atoms with van der Waals surface area (Å²) >= 11 is 6.42. The molecule has 3 N–H and O–H groups in total. The summed E-state index contributed by atoms with van der Waals surface area (Å²) < 4.78 is 6.41. The number of hydrogen-bond donors (Lipinski definition) is 3. The van der Waals surface area contributed by atoms with E-state index in [4.69, 9.17) is 16.3 Å². The second-order valence-electron chi connectivity index (χ2n) is 13.7. The molecule has 1 aliphatic heterocycles. The fourth-order valence-corrected chi connectivity index (χ4v) is 5.89. The number of hydrazone groups is 1. The minimum absolute atomic E-state index is 0.0196. The predicted molar refractivity (Wildman–Crippen MR) is 195 cm³/mol. The quantitative estimate of drug-likeness (QED) is 0.189. The van der Waals surface area contributed by atoms with Gasteiger partial charge in [-0.2, -0.15) is 10.1 Å². The maximum absolute atomic E-state index is 13.5. The summed E-state index contributed by atoms with van der Waals surface area (Å²) in [6, 6.07) is 16.3. The van der Waals surface area contributed by atoms with Crippen LogP contribution in [0.15, 0.2) is 59.7 Å². The molecule has 48 heavy (non-hydrogen) atoms. The summed E-state index contributed by atoms with van der Waals surface area (Å²) in [7, 11) is 0. The fourth-order valence-electron chi connectivity index (χ4n) is 5.49. The predicted octanol–water partition coefficient (Wildman–Crippen LogP) is 9.00. The molecule has 0 fully saturated rings. The molecule has 0 bridgehead atoms. The Morgan fingerprint density at radius 3 is 2.21 bits per heavy atom. The number of urea groups is 1. The van der Waals surface area contributed by atoms with Crippen LogP contribution in [0.1, 0.15) is 96.4 Å². The molecule has 3 aromatic carbocycles. The van der Waals surface area contributed by atoms with Crippen LogP contribution in [0.25, 0.3) is 0 Å². The molecule has 0 radical (unpaired) electrons. The van der Waals surface area contributed by atoms with E-state index in [1.54, 1.807) is 30.3 Å². The van der Waals surface area contributed by atoms with Crippen LogP contribution in [-0.2, 0) is 20.4 Å². The first kappa shape index (κ1) is 36.5. The van der Waals surface area contributed by atoms with Gasteiger partial charge >= 0.3 is 6.03 Å². The molecular weight excluding hydrogens is 626 g/mol. The van der Waals surface area contributed by atoms with E-state index in [0.29, 0.717) is 34.3 Å². The van der Waals surface area contributed by atoms with Crippen LogP contribution < -0.4 is 25.7 Å². The number of hydrogen-bond acceptors (Lipinski definition) is 5. The molecule has 4 amide bonds. The Morgan fingerprint density at radius 1 is 0.917 bits per heavy atom. The average molecular weight is 674 g/mol. The molecule has 1 aliphatic rings. The van der Waals surface area contributed by atoms with Gasteiger partial charge in [-0.3, -0.25) is 14.9 Å².